The maximum atomic E-state index is 11.5. The second-order valence-electron chi connectivity index (χ2n) is 4.02. The molecule has 0 spiro atoms. The van der Waals surface area contributed by atoms with Crippen LogP contribution in [0.3, 0.4) is 0 Å². The van der Waals surface area contributed by atoms with E-state index in [1.807, 2.05) is 24.3 Å². The van der Waals surface area contributed by atoms with Gasteiger partial charge in [-0.1, -0.05) is 12.1 Å². The fourth-order valence-corrected chi connectivity index (χ4v) is 1.96. The molecule has 0 radical (unpaired) electrons. The molecule has 5 nitrogen and oxygen atoms in total. The molecular weight excluding hydrogens is 218 g/mol. The maximum absolute atomic E-state index is 11.5. The Morgan fingerprint density at radius 1 is 1.35 bits per heavy atom. The third kappa shape index (κ3) is 2.57. The second-order valence-corrected chi connectivity index (χ2v) is 4.02. The van der Waals surface area contributed by atoms with Crippen LogP contribution in [-0.4, -0.2) is 26.1 Å². The Labute approximate surface area is 101 Å². The second kappa shape index (κ2) is 5.16. The predicted molar refractivity (Wildman–Crippen MR) is 64.5 cm³/mol. The molecule has 1 aliphatic heterocycles. The van der Waals surface area contributed by atoms with Gasteiger partial charge in [0.25, 0.3) is 0 Å². The number of likely N-dealkylation sites (N-methyl/N-ethyl adjacent to an activating group) is 1. The van der Waals surface area contributed by atoms with E-state index >= 15 is 0 Å². The van der Waals surface area contributed by atoms with E-state index in [0.717, 1.165) is 17.7 Å². The zero-order chi connectivity index (χ0) is 12.3. The van der Waals surface area contributed by atoms with Gasteiger partial charge in [0, 0.05) is 13.1 Å². The molecule has 3 N–H and O–H groups in total. The van der Waals surface area contributed by atoms with E-state index < -0.39 is 0 Å². The maximum Gasteiger partial charge on any atom is 0.238 e. The Morgan fingerprint density at radius 3 is 2.65 bits per heavy atom. The van der Waals surface area contributed by atoms with Crippen molar-refractivity contribution < 1.29 is 9.53 Å². The van der Waals surface area contributed by atoms with Crippen molar-refractivity contribution in [1.82, 2.24) is 16.2 Å². The molecular formula is C12H17N3O2. The number of amides is 1. The molecule has 1 heterocycles. The molecule has 0 bridgehead atoms. The number of hydrazine groups is 1. The van der Waals surface area contributed by atoms with Gasteiger partial charge in [-0.3, -0.25) is 4.79 Å². The van der Waals surface area contributed by atoms with E-state index in [2.05, 4.69) is 16.2 Å². The Hall–Kier alpha value is -1.59. The van der Waals surface area contributed by atoms with E-state index in [-0.39, 0.29) is 18.0 Å². The minimum Gasteiger partial charge on any atom is -0.497 e. The van der Waals surface area contributed by atoms with Gasteiger partial charge in [-0.05, 0) is 24.1 Å². The van der Waals surface area contributed by atoms with Crippen LogP contribution in [0.15, 0.2) is 24.3 Å². The van der Waals surface area contributed by atoms with E-state index in [9.17, 15) is 4.79 Å². The Bertz CT molecular complexity index is 391. The summed E-state index contributed by atoms with van der Waals surface area (Å²) in [5, 5.41) is 2.64. The van der Waals surface area contributed by atoms with Crippen LogP contribution in [0.4, 0.5) is 0 Å². The molecule has 17 heavy (non-hydrogen) atoms. The highest BCUT2D eigenvalue weighted by Crippen LogP contribution is 2.24. The van der Waals surface area contributed by atoms with Crippen molar-refractivity contribution in [3.8, 4) is 5.75 Å². The lowest BCUT2D eigenvalue weighted by molar-refractivity contribution is -0.122. The third-order valence-electron chi connectivity index (χ3n) is 2.98. The summed E-state index contributed by atoms with van der Waals surface area (Å²) in [6.45, 7) is 0. The average molecular weight is 235 g/mol. The zero-order valence-corrected chi connectivity index (χ0v) is 9.99. The van der Waals surface area contributed by atoms with Gasteiger partial charge in [0.2, 0.25) is 5.91 Å². The zero-order valence-electron chi connectivity index (χ0n) is 9.99. The Morgan fingerprint density at radius 2 is 2.06 bits per heavy atom. The molecule has 1 aromatic rings. The van der Waals surface area contributed by atoms with Crippen molar-refractivity contribution in [1.29, 1.82) is 0 Å². The highest BCUT2D eigenvalue weighted by molar-refractivity contribution is 5.81. The SMILES string of the molecule is CNC(=O)C1CC(c2ccc(OC)cc2)NN1. The van der Waals surface area contributed by atoms with Gasteiger partial charge in [-0.15, -0.1) is 0 Å². The van der Waals surface area contributed by atoms with Crippen LogP contribution in [0.1, 0.15) is 18.0 Å². The van der Waals surface area contributed by atoms with Crippen LogP contribution >= 0.6 is 0 Å². The van der Waals surface area contributed by atoms with E-state index in [1.165, 1.54) is 0 Å². The first-order valence-corrected chi connectivity index (χ1v) is 5.61. The number of hydrogen-bond acceptors (Lipinski definition) is 4. The summed E-state index contributed by atoms with van der Waals surface area (Å²) < 4.78 is 5.11. The van der Waals surface area contributed by atoms with E-state index in [1.54, 1.807) is 14.2 Å². The molecule has 2 unspecified atom stereocenters. The normalized spacial score (nSPS) is 23.4. The molecule has 1 aliphatic rings. The van der Waals surface area contributed by atoms with Crippen molar-refractivity contribution in [3.05, 3.63) is 29.8 Å². The number of benzene rings is 1. The molecule has 1 saturated heterocycles. The summed E-state index contributed by atoms with van der Waals surface area (Å²) in [6.07, 6.45) is 0.742. The number of methoxy groups -OCH3 is 1. The average Bonchev–Trinajstić information content (AvgIpc) is 2.87. The standard InChI is InChI=1S/C12H17N3O2/c1-13-12(16)11-7-10(14-15-11)8-3-5-9(17-2)6-4-8/h3-6,10-11,14-15H,7H2,1-2H3,(H,13,16). The number of nitrogens with one attached hydrogen (secondary N) is 3. The van der Waals surface area contributed by atoms with Gasteiger partial charge >= 0.3 is 0 Å². The van der Waals surface area contributed by atoms with Crippen molar-refractivity contribution >= 4 is 5.91 Å². The lowest BCUT2D eigenvalue weighted by Crippen LogP contribution is -2.41. The van der Waals surface area contributed by atoms with Crippen LogP contribution in [-0.2, 0) is 4.79 Å². The predicted octanol–water partition coefficient (Wildman–Crippen LogP) is 0.349. The van der Waals surface area contributed by atoms with E-state index in [4.69, 9.17) is 4.74 Å². The van der Waals surface area contributed by atoms with Crippen LogP contribution in [0.25, 0.3) is 0 Å². The molecule has 5 heteroatoms. The molecule has 1 fully saturated rings. The van der Waals surface area contributed by atoms with Crippen LogP contribution in [0.2, 0.25) is 0 Å². The van der Waals surface area contributed by atoms with E-state index in [0.29, 0.717) is 0 Å². The highest BCUT2D eigenvalue weighted by atomic mass is 16.5. The number of rotatable bonds is 3. The van der Waals surface area contributed by atoms with Crippen LogP contribution < -0.4 is 20.9 Å². The largest absolute Gasteiger partial charge is 0.497 e. The summed E-state index contributed by atoms with van der Waals surface area (Å²) in [5.74, 6) is 0.844. The van der Waals surface area contributed by atoms with Gasteiger partial charge in [-0.2, -0.15) is 0 Å². The molecule has 1 amide bonds. The lowest BCUT2D eigenvalue weighted by atomic mass is 10.0. The Kier molecular flexibility index (Phi) is 3.61. The number of carbonyl (C=O) groups is 1. The van der Waals surface area contributed by atoms with Crippen LogP contribution in [0.5, 0.6) is 5.75 Å². The lowest BCUT2D eigenvalue weighted by Gasteiger charge is -2.10. The minimum absolute atomic E-state index is 0.00788. The fourth-order valence-electron chi connectivity index (χ4n) is 1.96. The quantitative estimate of drug-likeness (QED) is 0.707. The van der Waals surface area contributed by atoms with Gasteiger partial charge in [0.05, 0.1) is 7.11 Å². The number of ether oxygens (including phenoxy) is 1. The van der Waals surface area contributed by atoms with Gasteiger partial charge in [0.1, 0.15) is 11.8 Å². The monoisotopic (exact) mass is 235 g/mol. The molecule has 92 valence electrons. The van der Waals surface area contributed by atoms with Gasteiger partial charge in [-0.25, -0.2) is 10.9 Å². The molecule has 2 rings (SSSR count). The van der Waals surface area contributed by atoms with Gasteiger partial charge < -0.3 is 10.1 Å². The topological polar surface area (TPSA) is 62.4 Å². The first kappa shape index (κ1) is 11.9. The molecule has 0 saturated carbocycles. The number of carbonyl (C=O) groups excluding carboxylic acids is 1. The first-order chi connectivity index (χ1) is 8.24. The molecule has 0 aliphatic carbocycles. The summed E-state index contributed by atoms with van der Waals surface area (Å²) >= 11 is 0. The third-order valence-corrected chi connectivity index (χ3v) is 2.98. The highest BCUT2D eigenvalue weighted by Gasteiger charge is 2.29. The summed E-state index contributed by atoms with van der Waals surface area (Å²) in [7, 11) is 3.29. The van der Waals surface area contributed by atoms with Crippen molar-refractivity contribution in [3.63, 3.8) is 0 Å². The van der Waals surface area contributed by atoms with Crippen molar-refractivity contribution in [2.24, 2.45) is 0 Å². The summed E-state index contributed by atoms with van der Waals surface area (Å²) in [4.78, 5) is 11.5. The fraction of sp³-hybridized carbons (Fsp3) is 0.417. The Balaban J connectivity index is 2.02. The minimum atomic E-state index is -0.174. The van der Waals surface area contributed by atoms with Gasteiger partial charge in [0.15, 0.2) is 0 Å². The molecule has 2 atom stereocenters. The van der Waals surface area contributed by atoms with Crippen molar-refractivity contribution in [2.75, 3.05) is 14.2 Å². The molecule has 1 aromatic carbocycles. The van der Waals surface area contributed by atoms with Crippen molar-refractivity contribution in [2.45, 2.75) is 18.5 Å². The number of hydrogen-bond donors (Lipinski definition) is 3. The smallest absolute Gasteiger partial charge is 0.238 e. The summed E-state index contributed by atoms with van der Waals surface area (Å²) in [6, 6.07) is 7.83. The van der Waals surface area contributed by atoms with Crippen LogP contribution in [0, 0.1) is 0 Å². The first-order valence-electron chi connectivity index (χ1n) is 5.61. The molecule has 0 aromatic heterocycles. The summed E-state index contributed by atoms with van der Waals surface area (Å²) in [5.41, 5.74) is 7.26.